The van der Waals surface area contributed by atoms with Crippen LogP contribution in [0.3, 0.4) is 0 Å². The quantitative estimate of drug-likeness (QED) is 0.794. The lowest BCUT2D eigenvalue weighted by Gasteiger charge is -2.11. The summed E-state index contributed by atoms with van der Waals surface area (Å²) < 4.78 is 6.61. The van der Waals surface area contributed by atoms with Gasteiger partial charge >= 0.3 is 5.97 Å². The van der Waals surface area contributed by atoms with Gasteiger partial charge in [-0.05, 0) is 31.0 Å². The van der Waals surface area contributed by atoms with E-state index in [1.807, 2.05) is 6.92 Å². The summed E-state index contributed by atoms with van der Waals surface area (Å²) in [6, 6.07) is 5.17. The molecular formula is C15H17NO3. The van der Waals surface area contributed by atoms with Crippen LogP contribution in [0.1, 0.15) is 29.8 Å². The Kier molecular flexibility index (Phi) is 3.69. The van der Waals surface area contributed by atoms with Crippen LogP contribution >= 0.6 is 0 Å². The lowest BCUT2D eigenvalue weighted by Crippen LogP contribution is -2.19. The first-order chi connectivity index (χ1) is 9.10. The van der Waals surface area contributed by atoms with E-state index in [0.717, 1.165) is 12.0 Å². The number of carbonyl (C=O) groups is 1. The average Bonchev–Trinajstić information content (AvgIpc) is 2.42. The SMILES string of the molecule is CCOC(=O)c1cccc2c(=O)n(C)cc(CC)c12. The van der Waals surface area contributed by atoms with E-state index in [1.54, 1.807) is 42.9 Å². The molecule has 0 atom stereocenters. The van der Waals surface area contributed by atoms with E-state index >= 15 is 0 Å². The molecule has 1 aromatic carbocycles. The Labute approximate surface area is 111 Å². The van der Waals surface area contributed by atoms with Crippen molar-refractivity contribution in [1.29, 1.82) is 0 Å². The van der Waals surface area contributed by atoms with E-state index < -0.39 is 0 Å². The normalized spacial score (nSPS) is 10.7. The molecule has 0 spiro atoms. The topological polar surface area (TPSA) is 48.3 Å². The van der Waals surface area contributed by atoms with Crippen LogP contribution in [0.2, 0.25) is 0 Å². The van der Waals surface area contributed by atoms with Crippen LogP contribution in [0, 0.1) is 0 Å². The molecule has 0 radical (unpaired) electrons. The van der Waals surface area contributed by atoms with Crippen LogP contribution in [0.4, 0.5) is 0 Å². The maximum atomic E-state index is 12.1. The third-order valence-corrected chi connectivity index (χ3v) is 3.16. The van der Waals surface area contributed by atoms with Crippen molar-refractivity contribution in [1.82, 2.24) is 4.57 Å². The molecule has 0 bridgehead atoms. The summed E-state index contributed by atoms with van der Waals surface area (Å²) >= 11 is 0. The van der Waals surface area contributed by atoms with Gasteiger partial charge in [0, 0.05) is 24.0 Å². The second kappa shape index (κ2) is 5.26. The predicted molar refractivity (Wildman–Crippen MR) is 74.5 cm³/mol. The fourth-order valence-electron chi connectivity index (χ4n) is 2.27. The molecule has 0 aliphatic carbocycles. The number of pyridine rings is 1. The second-order valence-electron chi connectivity index (χ2n) is 4.37. The minimum Gasteiger partial charge on any atom is -0.462 e. The first-order valence-electron chi connectivity index (χ1n) is 6.38. The molecule has 0 saturated heterocycles. The summed E-state index contributed by atoms with van der Waals surface area (Å²) in [6.07, 6.45) is 2.54. The third kappa shape index (κ3) is 2.26. The van der Waals surface area contributed by atoms with Crippen molar-refractivity contribution in [3.63, 3.8) is 0 Å². The molecule has 0 N–H and O–H groups in total. The summed E-state index contributed by atoms with van der Waals surface area (Å²) in [5.41, 5.74) is 1.34. The Bertz CT molecular complexity index is 686. The standard InChI is InChI=1S/C15H17NO3/c1-4-10-9-16(3)14(17)11-7-6-8-12(13(10)11)15(18)19-5-2/h6-9H,4-5H2,1-3H3. The average molecular weight is 259 g/mol. The van der Waals surface area contributed by atoms with Crippen LogP contribution in [0.5, 0.6) is 0 Å². The van der Waals surface area contributed by atoms with Gasteiger partial charge < -0.3 is 9.30 Å². The number of aryl methyl sites for hydroxylation is 2. The van der Waals surface area contributed by atoms with Crippen LogP contribution in [-0.2, 0) is 18.2 Å². The maximum Gasteiger partial charge on any atom is 0.338 e. The Morgan fingerprint density at radius 2 is 2.05 bits per heavy atom. The van der Waals surface area contributed by atoms with Crippen molar-refractivity contribution in [2.75, 3.05) is 6.61 Å². The molecular weight excluding hydrogens is 242 g/mol. The molecule has 0 saturated carbocycles. The Morgan fingerprint density at radius 3 is 2.68 bits per heavy atom. The summed E-state index contributed by atoms with van der Waals surface area (Å²) in [4.78, 5) is 24.1. The monoisotopic (exact) mass is 259 g/mol. The van der Waals surface area contributed by atoms with E-state index in [2.05, 4.69) is 0 Å². The number of fused-ring (bicyclic) bond motifs is 1. The zero-order valence-corrected chi connectivity index (χ0v) is 11.4. The van der Waals surface area contributed by atoms with Crippen LogP contribution < -0.4 is 5.56 Å². The van der Waals surface area contributed by atoms with Crippen LogP contribution in [0.15, 0.2) is 29.2 Å². The van der Waals surface area contributed by atoms with Crippen molar-refractivity contribution in [3.05, 3.63) is 45.9 Å². The highest BCUT2D eigenvalue weighted by molar-refractivity contribution is 6.05. The van der Waals surface area contributed by atoms with Gasteiger partial charge in [-0.1, -0.05) is 13.0 Å². The number of esters is 1. The first kappa shape index (κ1) is 13.3. The molecule has 100 valence electrons. The largest absolute Gasteiger partial charge is 0.462 e. The number of carbonyl (C=O) groups excluding carboxylic acids is 1. The predicted octanol–water partition coefficient (Wildman–Crippen LogP) is 2.28. The minimum absolute atomic E-state index is 0.0988. The number of ether oxygens (including phenoxy) is 1. The fraction of sp³-hybridized carbons (Fsp3) is 0.333. The van der Waals surface area contributed by atoms with Gasteiger partial charge in [0.05, 0.1) is 12.2 Å². The highest BCUT2D eigenvalue weighted by atomic mass is 16.5. The van der Waals surface area contributed by atoms with Gasteiger partial charge in [-0.25, -0.2) is 4.79 Å². The first-order valence-corrected chi connectivity index (χ1v) is 6.38. The second-order valence-corrected chi connectivity index (χ2v) is 4.37. The molecule has 1 heterocycles. The van der Waals surface area contributed by atoms with E-state index in [1.165, 1.54) is 0 Å². The number of aromatic nitrogens is 1. The lowest BCUT2D eigenvalue weighted by atomic mass is 10.00. The number of benzene rings is 1. The van der Waals surface area contributed by atoms with Gasteiger partial charge in [0.25, 0.3) is 5.56 Å². The van der Waals surface area contributed by atoms with Gasteiger partial charge in [-0.3, -0.25) is 4.79 Å². The Balaban J connectivity index is 2.84. The summed E-state index contributed by atoms with van der Waals surface area (Å²) in [7, 11) is 1.72. The van der Waals surface area contributed by atoms with Crippen molar-refractivity contribution in [3.8, 4) is 0 Å². The van der Waals surface area contributed by atoms with Crippen molar-refractivity contribution >= 4 is 16.7 Å². The molecule has 2 aromatic rings. The highest BCUT2D eigenvalue weighted by Crippen LogP contribution is 2.21. The zero-order valence-electron chi connectivity index (χ0n) is 11.4. The van der Waals surface area contributed by atoms with Gasteiger partial charge in [0.2, 0.25) is 0 Å². The van der Waals surface area contributed by atoms with Gasteiger partial charge in [-0.2, -0.15) is 0 Å². The molecule has 0 aliphatic rings. The zero-order chi connectivity index (χ0) is 14.0. The summed E-state index contributed by atoms with van der Waals surface area (Å²) in [5.74, 6) is -0.379. The molecule has 1 aromatic heterocycles. The number of rotatable bonds is 3. The molecule has 4 heteroatoms. The highest BCUT2D eigenvalue weighted by Gasteiger charge is 2.15. The Hall–Kier alpha value is -2.10. The molecule has 0 amide bonds. The van der Waals surface area contributed by atoms with Crippen molar-refractivity contribution in [2.45, 2.75) is 20.3 Å². The molecule has 0 unspecified atom stereocenters. The lowest BCUT2D eigenvalue weighted by molar-refractivity contribution is 0.0528. The third-order valence-electron chi connectivity index (χ3n) is 3.16. The molecule has 0 fully saturated rings. The minimum atomic E-state index is -0.379. The molecule has 2 rings (SSSR count). The van der Waals surface area contributed by atoms with E-state index in [4.69, 9.17) is 4.74 Å². The van der Waals surface area contributed by atoms with Gasteiger partial charge in [-0.15, -0.1) is 0 Å². The van der Waals surface area contributed by atoms with E-state index in [9.17, 15) is 9.59 Å². The number of hydrogen-bond acceptors (Lipinski definition) is 3. The summed E-state index contributed by atoms with van der Waals surface area (Å²) in [5, 5.41) is 1.28. The van der Waals surface area contributed by atoms with E-state index in [0.29, 0.717) is 22.9 Å². The summed E-state index contributed by atoms with van der Waals surface area (Å²) in [6.45, 7) is 4.09. The van der Waals surface area contributed by atoms with Crippen LogP contribution in [0.25, 0.3) is 10.8 Å². The number of nitrogens with zero attached hydrogens (tertiary/aromatic N) is 1. The van der Waals surface area contributed by atoms with Crippen molar-refractivity contribution in [2.24, 2.45) is 7.05 Å². The van der Waals surface area contributed by atoms with Crippen molar-refractivity contribution < 1.29 is 9.53 Å². The maximum absolute atomic E-state index is 12.1. The molecule has 4 nitrogen and oxygen atoms in total. The Morgan fingerprint density at radius 1 is 1.32 bits per heavy atom. The smallest absolute Gasteiger partial charge is 0.338 e. The number of hydrogen-bond donors (Lipinski definition) is 0. The fourth-order valence-corrected chi connectivity index (χ4v) is 2.27. The van der Waals surface area contributed by atoms with Gasteiger partial charge in [0.15, 0.2) is 0 Å². The molecule has 0 aliphatic heterocycles. The molecule has 19 heavy (non-hydrogen) atoms. The van der Waals surface area contributed by atoms with Gasteiger partial charge in [0.1, 0.15) is 0 Å². The van der Waals surface area contributed by atoms with E-state index in [-0.39, 0.29) is 11.5 Å². The van der Waals surface area contributed by atoms with Crippen LogP contribution in [-0.4, -0.2) is 17.1 Å².